The SMILES string of the molecule is O=S(=O)(c1ccc2c(c1)OCCO2)N(Cc1ccco1)CC(O)c1ccccc1. The Morgan fingerprint density at radius 1 is 0.966 bits per heavy atom. The van der Waals surface area contributed by atoms with Gasteiger partial charge in [-0.2, -0.15) is 4.31 Å². The van der Waals surface area contributed by atoms with E-state index in [2.05, 4.69) is 0 Å². The van der Waals surface area contributed by atoms with E-state index in [1.54, 1.807) is 42.5 Å². The number of sulfonamides is 1. The van der Waals surface area contributed by atoms with Gasteiger partial charge in [0.2, 0.25) is 10.0 Å². The van der Waals surface area contributed by atoms with E-state index in [1.807, 2.05) is 6.07 Å². The minimum Gasteiger partial charge on any atom is -0.486 e. The van der Waals surface area contributed by atoms with Crippen LogP contribution in [-0.4, -0.2) is 37.6 Å². The molecule has 0 fully saturated rings. The summed E-state index contributed by atoms with van der Waals surface area (Å²) >= 11 is 0. The van der Waals surface area contributed by atoms with Crippen molar-refractivity contribution < 1.29 is 27.4 Å². The van der Waals surface area contributed by atoms with E-state index in [9.17, 15) is 13.5 Å². The molecule has 3 aromatic rings. The zero-order valence-corrected chi connectivity index (χ0v) is 16.4. The summed E-state index contributed by atoms with van der Waals surface area (Å²) in [6, 6.07) is 16.8. The molecule has 4 rings (SSSR count). The molecule has 0 saturated carbocycles. The van der Waals surface area contributed by atoms with Crippen molar-refractivity contribution in [3.8, 4) is 11.5 Å². The minimum atomic E-state index is -3.94. The third-order valence-corrected chi connectivity index (χ3v) is 6.43. The smallest absolute Gasteiger partial charge is 0.243 e. The Morgan fingerprint density at radius 2 is 1.72 bits per heavy atom. The van der Waals surface area contributed by atoms with Gasteiger partial charge in [0, 0.05) is 12.6 Å². The van der Waals surface area contributed by atoms with Crippen molar-refractivity contribution in [1.82, 2.24) is 4.31 Å². The summed E-state index contributed by atoms with van der Waals surface area (Å²) in [7, 11) is -3.94. The molecule has 0 aliphatic carbocycles. The van der Waals surface area contributed by atoms with Crippen LogP contribution in [0.2, 0.25) is 0 Å². The highest BCUT2D eigenvalue weighted by Crippen LogP contribution is 2.34. The molecule has 0 spiro atoms. The number of rotatable bonds is 7. The van der Waals surface area contributed by atoms with Crippen LogP contribution in [0.25, 0.3) is 0 Å². The summed E-state index contributed by atoms with van der Waals surface area (Å²) in [4.78, 5) is 0.0635. The van der Waals surface area contributed by atoms with Crippen molar-refractivity contribution in [3.63, 3.8) is 0 Å². The molecule has 1 unspecified atom stereocenters. The molecule has 0 bridgehead atoms. The normalized spacial score (nSPS) is 14.7. The van der Waals surface area contributed by atoms with Crippen LogP contribution in [0, 0.1) is 0 Å². The van der Waals surface area contributed by atoms with Crippen LogP contribution in [0.3, 0.4) is 0 Å². The highest BCUT2D eigenvalue weighted by Gasteiger charge is 2.29. The van der Waals surface area contributed by atoms with Gasteiger partial charge in [0.1, 0.15) is 19.0 Å². The Hall–Kier alpha value is -2.81. The maximum atomic E-state index is 13.4. The number of aliphatic hydroxyl groups is 1. The van der Waals surface area contributed by atoms with Crippen LogP contribution in [0.1, 0.15) is 17.4 Å². The first-order chi connectivity index (χ1) is 14.0. The largest absolute Gasteiger partial charge is 0.486 e. The van der Waals surface area contributed by atoms with E-state index < -0.39 is 16.1 Å². The molecule has 1 aliphatic heterocycles. The topological polar surface area (TPSA) is 89.2 Å². The van der Waals surface area contributed by atoms with Gasteiger partial charge in [-0.15, -0.1) is 0 Å². The third-order valence-electron chi connectivity index (χ3n) is 4.62. The van der Waals surface area contributed by atoms with Gasteiger partial charge in [0.25, 0.3) is 0 Å². The number of ether oxygens (including phenoxy) is 2. The molecule has 0 amide bonds. The molecular weight excluding hydrogens is 394 g/mol. The maximum Gasteiger partial charge on any atom is 0.243 e. The van der Waals surface area contributed by atoms with E-state index in [-0.39, 0.29) is 18.0 Å². The van der Waals surface area contributed by atoms with Gasteiger partial charge >= 0.3 is 0 Å². The minimum absolute atomic E-state index is 0.00628. The molecule has 1 N–H and O–H groups in total. The molecule has 2 heterocycles. The maximum absolute atomic E-state index is 13.4. The third kappa shape index (κ3) is 4.29. The number of hydrogen-bond donors (Lipinski definition) is 1. The van der Waals surface area contributed by atoms with E-state index in [0.717, 1.165) is 0 Å². The second kappa shape index (κ2) is 8.28. The van der Waals surface area contributed by atoms with Gasteiger partial charge in [0.05, 0.1) is 23.8 Å². The van der Waals surface area contributed by atoms with Crippen molar-refractivity contribution in [2.24, 2.45) is 0 Å². The lowest BCUT2D eigenvalue weighted by molar-refractivity contribution is 0.143. The molecule has 1 atom stereocenters. The van der Waals surface area contributed by atoms with Crippen LogP contribution in [0.15, 0.2) is 76.2 Å². The molecule has 0 radical (unpaired) electrons. The van der Waals surface area contributed by atoms with Gasteiger partial charge < -0.3 is 19.0 Å². The lowest BCUT2D eigenvalue weighted by Crippen LogP contribution is -2.34. The van der Waals surface area contributed by atoms with Crippen molar-refractivity contribution in [2.75, 3.05) is 19.8 Å². The molecule has 2 aromatic carbocycles. The predicted octanol–water partition coefficient (Wildman–Crippen LogP) is 2.98. The number of aliphatic hydroxyl groups excluding tert-OH is 1. The van der Waals surface area contributed by atoms with Gasteiger partial charge in [-0.3, -0.25) is 0 Å². The average Bonchev–Trinajstić information content (AvgIpc) is 3.26. The molecule has 8 heteroatoms. The first-order valence-electron chi connectivity index (χ1n) is 9.19. The van der Waals surface area contributed by atoms with Crippen molar-refractivity contribution in [2.45, 2.75) is 17.5 Å². The van der Waals surface area contributed by atoms with E-state index >= 15 is 0 Å². The number of fused-ring (bicyclic) bond motifs is 1. The summed E-state index contributed by atoms with van der Waals surface area (Å²) in [6.45, 7) is 0.654. The predicted molar refractivity (Wildman–Crippen MR) is 105 cm³/mol. The first kappa shape index (κ1) is 19.5. The van der Waals surface area contributed by atoms with Gasteiger partial charge in [-0.1, -0.05) is 30.3 Å². The fraction of sp³-hybridized carbons (Fsp3) is 0.238. The van der Waals surface area contributed by atoms with E-state index in [0.29, 0.717) is 36.0 Å². The average molecular weight is 415 g/mol. The Labute approximate surface area is 169 Å². The lowest BCUT2D eigenvalue weighted by atomic mass is 10.1. The van der Waals surface area contributed by atoms with Crippen LogP contribution in [-0.2, 0) is 16.6 Å². The monoisotopic (exact) mass is 415 g/mol. The van der Waals surface area contributed by atoms with Crippen LogP contribution in [0.5, 0.6) is 11.5 Å². The Balaban J connectivity index is 1.65. The van der Waals surface area contributed by atoms with Crippen LogP contribution < -0.4 is 9.47 Å². The van der Waals surface area contributed by atoms with Crippen molar-refractivity contribution >= 4 is 10.0 Å². The second-order valence-electron chi connectivity index (χ2n) is 6.61. The molecule has 0 saturated heterocycles. The molecule has 1 aromatic heterocycles. The number of furan rings is 1. The number of hydrogen-bond acceptors (Lipinski definition) is 6. The van der Waals surface area contributed by atoms with Gasteiger partial charge in [0.15, 0.2) is 11.5 Å². The van der Waals surface area contributed by atoms with Gasteiger partial charge in [-0.25, -0.2) is 8.42 Å². The quantitative estimate of drug-likeness (QED) is 0.638. The molecule has 152 valence electrons. The van der Waals surface area contributed by atoms with Crippen molar-refractivity contribution in [3.05, 3.63) is 78.3 Å². The fourth-order valence-corrected chi connectivity index (χ4v) is 4.56. The zero-order chi connectivity index (χ0) is 20.3. The summed E-state index contributed by atoms with van der Waals surface area (Å²) in [6.07, 6.45) is 0.496. The molecular formula is C21H21NO6S. The van der Waals surface area contributed by atoms with E-state index in [1.165, 1.54) is 22.7 Å². The Bertz CT molecular complexity index is 1050. The first-order valence-corrected chi connectivity index (χ1v) is 10.6. The molecule has 1 aliphatic rings. The van der Waals surface area contributed by atoms with Crippen molar-refractivity contribution in [1.29, 1.82) is 0 Å². The fourth-order valence-electron chi connectivity index (χ4n) is 3.13. The second-order valence-corrected chi connectivity index (χ2v) is 8.55. The lowest BCUT2D eigenvalue weighted by Gasteiger charge is -2.25. The molecule has 29 heavy (non-hydrogen) atoms. The Morgan fingerprint density at radius 3 is 2.45 bits per heavy atom. The van der Waals surface area contributed by atoms with E-state index in [4.69, 9.17) is 13.9 Å². The summed E-state index contributed by atoms with van der Waals surface area (Å²) < 4.78 is 44.3. The van der Waals surface area contributed by atoms with Crippen LogP contribution >= 0.6 is 0 Å². The summed E-state index contributed by atoms with van der Waals surface area (Å²) in [5.41, 5.74) is 0.634. The standard InChI is InChI=1S/C21H21NO6S/c23-19(16-5-2-1-3-6-16)15-22(14-17-7-4-10-26-17)29(24,25)18-8-9-20-21(13-18)28-12-11-27-20/h1-10,13,19,23H,11-12,14-15H2. The summed E-state index contributed by atoms with van der Waals surface area (Å²) in [5, 5.41) is 10.6. The van der Waals surface area contributed by atoms with Crippen LogP contribution in [0.4, 0.5) is 0 Å². The highest BCUT2D eigenvalue weighted by atomic mass is 32.2. The zero-order valence-electron chi connectivity index (χ0n) is 15.6. The Kier molecular flexibility index (Phi) is 5.57. The van der Waals surface area contributed by atoms with Gasteiger partial charge in [-0.05, 0) is 29.8 Å². The number of benzene rings is 2. The summed E-state index contributed by atoms with van der Waals surface area (Å²) in [5.74, 6) is 1.38. The number of nitrogens with zero attached hydrogens (tertiary/aromatic N) is 1. The highest BCUT2D eigenvalue weighted by molar-refractivity contribution is 7.89. The molecule has 7 nitrogen and oxygen atoms in total.